The Morgan fingerprint density at radius 1 is 1.38 bits per heavy atom. The van der Waals surface area contributed by atoms with Crippen molar-refractivity contribution < 1.29 is 4.79 Å². The summed E-state index contributed by atoms with van der Waals surface area (Å²) >= 11 is 0. The van der Waals surface area contributed by atoms with Gasteiger partial charge < -0.3 is 16.4 Å². The number of carbonyl (C=O) groups is 1. The highest BCUT2D eigenvalue weighted by Crippen LogP contribution is 2.23. The van der Waals surface area contributed by atoms with E-state index in [1.807, 2.05) is 32.9 Å². The molecule has 2 unspecified atom stereocenters. The van der Waals surface area contributed by atoms with E-state index < -0.39 is 0 Å². The summed E-state index contributed by atoms with van der Waals surface area (Å²) in [5.74, 6) is 0.593. The summed E-state index contributed by atoms with van der Waals surface area (Å²) < 4.78 is 0. The van der Waals surface area contributed by atoms with Crippen molar-refractivity contribution in [2.24, 2.45) is 11.7 Å². The van der Waals surface area contributed by atoms with Crippen molar-refractivity contribution in [3.8, 4) is 0 Å². The molecule has 0 aromatic heterocycles. The van der Waals surface area contributed by atoms with Crippen LogP contribution in [0, 0.1) is 5.92 Å². The zero-order valence-corrected chi connectivity index (χ0v) is 19.1. The number of nitrogens with two attached hydrogens (primary N) is 1. The first kappa shape index (κ1) is 25.0. The Morgan fingerprint density at radius 3 is 2.66 bits per heavy atom. The largest absolute Gasteiger partial charge is 0.403 e. The van der Waals surface area contributed by atoms with Crippen LogP contribution in [-0.4, -0.2) is 25.0 Å². The van der Waals surface area contributed by atoms with E-state index in [0.29, 0.717) is 11.5 Å². The summed E-state index contributed by atoms with van der Waals surface area (Å²) in [6.45, 7) is 16.3. The minimum Gasteiger partial charge on any atom is -0.403 e. The van der Waals surface area contributed by atoms with Gasteiger partial charge in [0, 0.05) is 23.9 Å². The van der Waals surface area contributed by atoms with Crippen LogP contribution >= 0.6 is 0 Å². The van der Waals surface area contributed by atoms with Gasteiger partial charge in [-0.3, -0.25) is 4.79 Å². The Balaban J connectivity index is 2.62. The van der Waals surface area contributed by atoms with Gasteiger partial charge in [-0.05, 0) is 88.6 Å². The molecule has 4 N–H and O–H groups in total. The number of carbonyl (C=O) groups excluding carboxylic acids is 1. The van der Waals surface area contributed by atoms with Crippen LogP contribution in [0.3, 0.4) is 0 Å². The molecule has 1 aliphatic rings. The van der Waals surface area contributed by atoms with Gasteiger partial charge in [-0.15, -0.1) is 0 Å². The average Bonchev–Trinajstić information content (AvgIpc) is 2.71. The molecule has 0 spiro atoms. The Kier molecular flexibility index (Phi) is 11.4. The van der Waals surface area contributed by atoms with Crippen molar-refractivity contribution in [1.29, 1.82) is 0 Å². The summed E-state index contributed by atoms with van der Waals surface area (Å²) in [4.78, 5) is 12.7. The van der Waals surface area contributed by atoms with Gasteiger partial charge >= 0.3 is 0 Å². The maximum Gasteiger partial charge on any atom is 0.251 e. The second kappa shape index (κ2) is 13.2. The number of allylic oxidation sites excluding steroid dienone is 5. The van der Waals surface area contributed by atoms with Crippen molar-refractivity contribution in [2.45, 2.75) is 72.8 Å². The molecule has 4 heteroatoms. The van der Waals surface area contributed by atoms with Crippen LogP contribution in [0.4, 0.5) is 0 Å². The predicted octanol–water partition coefficient (Wildman–Crippen LogP) is 4.92. The highest BCUT2D eigenvalue weighted by atomic mass is 16.1. The summed E-state index contributed by atoms with van der Waals surface area (Å²) in [7, 11) is 0. The SMILES string of the molecule is C=C(C1=CCNCC1)/C(C)=C\C(=C/C)C(=O)NC(C)CCC(CC)C/C=C(/C)N. The summed E-state index contributed by atoms with van der Waals surface area (Å²) in [5.41, 5.74) is 10.7. The molecule has 29 heavy (non-hydrogen) atoms. The average molecular weight is 400 g/mol. The molecule has 1 aliphatic heterocycles. The highest BCUT2D eigenvalue weighted by Gasteiger charge is 2.14. The molecule has 0 saturated heterocycles. The van der Waals surface area contributed by atoms with Gasteiger partial charge in [-0.25, -0.2) is 0 Å². The molecule has 1 heterocycles. The number of nitrogens with one attached hydrogen (secondary N) is 2. The molecule has 0 radical (unpaired) electrons. The van der Waals surface area contributed by atoms with Gasteiger partial charge in [-0.2, -0.15) is 0 Å². The molecule has 4 nitrogen and oxygen atoms in total. The molecule has 0 saturated carbocycles. The zero-order valence-electron chi connectivity index (χ0n) is 19.1. The Bertz CT molecular complexity index is 678. The molecular formula is C25H41N3O. The maximum atomic E-state index is 12.7. The molecule has 2 atom stereocenters. The van der Waals surface area contributed by atoms with Gasteiger partial charge in [-0.1, -0.05) is 38.2 Å². The maximum absolute atomic E-state index is 12.7. The molecule has 1 amide bonds. The normalized spacial score (nSPS) is 18.1. The van der Waals surface area contributed by atoms with Gasteiger partial charge in [0.1, 0.15) is 0 Å². The molecule has 0 bridgehead atoms. The third-order valence-electron chi connectivity index (χ3n) is 5.61. The number of amides is 1. The van der Waals surface area contributed by atoms with Crippen molar-refractivity contribution in [3.05, 3.63) is 58.9 Å². The van der Waals surface area contributed by atoms with E-state index in [9.17, 15) is 4.79 Å². The fourth-order valence-corrected chi connectivity index (χ4v) is 3.46. The molecular weight excluding hydrogens is 358 g/mol. The smallest absolute Gasteiger partial charge is 0.251 e. The van der Waals surface area contributed by atoms with Crippen molar-refractivity contribution in [3.63, 3.8) is 0 Å². The Labute approximate surface area is 178 Å². The van der Waals surface area contributed by atoms with Crippen LogP contribution in [0.5, 0.6) is 0 Å². The van der Waals surface area contributed by atoms with Gasteiger partial charge in [0.2, 0.25) is 0 Å². The molecule has 1 rings (SSSR count). The lowest BCUT2D eigenvalue weighted by Gasteiger charge is -2.19. The molecule has 0 aromatic carbocycles. The Morgan fingerprint density at radius 2 is 2.10 bits per heavy atom. The molecule has 0 aromatic rings. The van der Waals surface area contributed by atoms with Crippen LogP contribution in [0.15, 0.2) is 58.9 Å². The quantitative estimate of drug-likeness (QED) is 0.341. The second-order valence-electron chi connectivity index (χ2n) is 8.14. The summed E-state index contributed by atoms with van der Waals surface area (Å²) in [6, 6.07) is 0.137. The lowest BCUT2D eigenvalue weighted by atomic mass is 9.93. The van der Waals surface area contributed by atoms with E-state index in [1.165, 1.54) is 5.57 Å². The third-order valence-corrected chi connectivity index (χ3v) is 5.61. The van der Waals surface area contributed by atoms with E-state index in [-0.39, 0.29) is 11.9 Å². The van der Waals surface area contributed by atoms with E-state index in [1.54, 1.807) is 0 Å². The first-order chi connectivity index (χ1) is 13.8. The van der Waals surface area contributed by atoms with E-state index in [2.05, 4.69) is 43.2 Å². The van der Waals surface area contributed by atoms with Gasteiger partial charge in [0.05, 0.1) is 0 Å². The molecule has 0 fully saturated rings. The number of hydrogen-bond acceptors (Lipinski definition) is 3. The van der Waals surface area contributed by atoms with Crippen LogP contribution < -0.4 is 16.4 Å². The first-order valence-electron chi connectivity index (χ1n) is 11.0. The molecule has 0 aliphatic carbocycles. The lowest BCUT2D eigenvalue weighted by molar-refractivity contribution is -0.117. The van der Waals surface area contributed by atoms with Gasteiger partial charge in [0.15, 0.2) is 0 Å². The van der Waals surface area contributed by atoms with Crippen molar-refractivity contribution in [2.75, 3.05) is 13.1 Å². The van der Waals surface area contributed by atoms with Gasteiger partial charge in [0.25, 0.3) is 5.91 Å². The monoisotopic (exact) mass is 399 g/mol. The predicted molar refractivity (Wildman–Crippen MR) is 125 cm³/mol. The van der Waals surface area contributed by atoms with Crippen LogP contribution in [0.25, 0.3) is 0 Å². The minimum absolute atomic E-state index is 0.0165. The minimum atomic E-state index is -0.0165. The first-order valence-corrected chi connectivity index (χ1v) is 11.0. The standard InChI is InChI=1S/C25H41N3O/c1-7-22(11-9-19(4)26)12-10-20(5)28-25(29)23(8-2)17-18(3)21(6)24-13-15-27-16-14-24/h8-9,13,17,20,22,27H,6-7,10-12,14-16,26H2,1-5H3,(H,28,29)/b18-17-,19-9-,23-8+. The topological polar surface area (TPSA) is 67.2 Å². The van der Waals surface area contributed by atoms with Crippen LogP contribution in [0.1, 0.15) is 66.7 Å². The van der Waals surface area contributed by atoms with Crippen LogP contribution in [-0.2, 0) is 4.79 Å². The Hall–Kier alpha value is -2.07. The van der Waals surface area contributed by atoms with E-state index >= 15 is 0 Å². The third kappa shape index (κ3) is 9.31. The fourth-order valence-electron chi connectivity index (χ4n) is 3.46. The van der Waals surface area contributed by atoms with E-state index in [4.69, 9.17) is 5.73 Å². The summed E-state index contributed by atoms with van der Waals surface area (Å²) in [5, 5.41) is 6.47. The molecule has 162 valence electrons. The lowest BCUT2D eigenvalue weighted by Crippen LogP contribution is -2.33. The number of rotatable bonds is 11. The second-order valence-corrected chi connectivity index (χ2v) is 8.14. The zero-order chi connectivity index (χ0) is 21.8. The fraction of sp³-hybridized carbons (Fsp3) is 0.560. The summed E-state index contributed by atoms with van der Waals surface area (Å²) in [6.07, 6.45) is 13.3. The van der Waals surface area contributed by atoms with Crippen LogP contribution in [0.2, 0.25) is 0 Å². The number of hydrogen-bond donors (Lipinski definition) is 3. The van der Waals surface area contributed by atoms with Crippen molar-refractivity contribution >= 4 is 5.91 Å². The highest BCUT2D eigenvalue weighted by molar-refractivity contribution is 5.96. The van der Waals surface area contributed by atoms with E-state index in [0.717, 1.165) is 62.0 Å². The van der Waals surface area contributed by atoms with Crippen molar-refractivity contribution in [1.82, 2.24) is 10.6 Å².